The van der Waals surface area contributed by atoms with Crippen LogP contribution in [-0.4, -0.2) is 35.4 Å². The van der Waals surface area contributed by atoms with Crippen LogP contribution in [0.4, 0.5) is 5.69 Å². The van der Waals surface area contributed by atoms with Gasteiger partial charge in [0, 0.05) is 24.3 Å². The molecular weight excluding hydrogens is 468 g/mol. The van der Waals surface area contributed by atoms with Crippen molar-refractivity contribution in [2.24, 2.45) is 39.4 Å². The lowest BCUT2D eigenvalue weighted by molar-refractivity contribution is -0.193. The molecule has 1 aromatic rings. The van der Waals surface area contributed by atoms with Gasteiger partial charge in [0.2, 0.25) is 0 Å². The van der Waals surface area contributed by atoms with E-state index in [0.29, 0.717) is 23.6 Å². The molecule has 8 atom stereocenters. The van der Waals surface area contributed by atoms with Gasteiger partial charge in [0.15, 0.2) is 5.11 Å². The van der Waals surface area contributed by atoms with Crippen LogP contribution in [0.5, 0.6) is 0 Å². The molecule has 0 radical (unpaired) electrons. The molecule has 0 heterocycles. The number of rotatable bonds is 5. The number of hydrogen-bond acceptors (Lipinski definition) is 4. The van der Waals surface area contributed by atoms with Crippen LogP contribution < -0.4 is 10.6 Å². The maximum Gasteiger partial charge on any atom is 0.312 e. The highest BCUT2D eigenvalue weighted by Crippen LogP contribution is 2.75. The van der Waals surface area contributed by atoms with E-state index in [1.165, 1.54) is 6.42 Å². The van der Waals surface area contributed by atoms with E-state index in [9.17, 15) is 9.90 Å². The van der Waals surface area contributed by atoms with E-state index >= 15 is 0 Å². The van der Waals surface area contributed by atoms with Crippen LogP contribution in [0.15, 0.2) is 30.3 Å². The molecule has 5 rings (SSSR count). The summed E-state index contributed by atoms with van der Waals surface area (Å²) >= 11 is 5.77. The first-order valence-corrected chi connectivity index (χ1v) is 14.4. The Morgan fingerprint density at radius 2 is 1.81 bits per heavy atom. The molecule has 3 N–H and O–H groups in total. The van der Waals surface area contributed by atoms with Gasteiger partial charge in [-0.2, -0.15) is 0 Å². The van der Waals surface area contributed by atoms with Gasteiger partial charge in [-0.1, -0.05) is 38.5 Å². The molecule has 0 amide bonds. The third-order valence-electron chi connectivity index (χ3n) is 11.3. The van der Waals surface area contributed by atoms with Gasteiger partial charge in [0.05, 0.1) is 12.0 Å². The molecule has 1 spiro atoms. The van der Waals surface area contributed by atoms with Gasteiger partial charge in [0.25, 0.3) is 0 Å². The fraction of sp³-hybridized carbons (Fsp3) is 0.733. The fourth-order valence-electron chi connectivity index (χ4n) is 9.96. The molecule has 4 fully saturated rings. The number of aliphatic hydroxyl groups is 1. The summed E-state index contributed by atoms with van der Waals surface area (Å²) in [6, 6.07) is 10.2. The van der Waals surface area contributed by atoms with Crippen molar-refractivity contribution in [1.29, 1.82) is 0 Å². The molecule has 4 aliphatic carbocycles. The first-order chi connectivity index (χ1) is 17.1. The van der Waals surface area contributed by atoms with Crippen molar-refractivity contribution < 1.29 is 14.6 Å². The lowest BCUT2D eigenvalue weighted by Crippen LogP contribution is -2.60. The minimum atomic E-state index is -0.405. The summed E-state index contributed by atoms with van der Waals surface area (Å²) in [6.07, 6.45) is 8.69. The normalized spacial score (nSPS) is 43.1. The van der Waals surface area contributed by atoms with Gasteiger partial charge < -0.3 is 20.5 Å². The zero-order valence-corrected chi connectivity index (χ0v) is 23.3. The first-order valence-electron chi connectivity index (χ1n) is 14.0. The van der Waals surface area contributed by atoms with Crippen LogP contribution >= 0.6 is 12.2 Å². The number of esters is 1. The van der Waals surface area contributed by atoms with Crippen LogP contribution in [0, 0.1) is 39.4 Å². The number of thiocarbonyl (C=S) groups is 1. The summed E-state index contributed by atoms with van der Waals surface area (Å²) in [5.41, 5.74) is 0.836. The number of hydrogen-bond donors (Lipinski definition) is 3. The number of anilines is 1. The average Bonchev–Trinajstić information content (AvgIpc) is 3.00. The Labute approximate surface area is 222 Å². The molecule has 0 saturated heterocycles. The van der Waals surface area contributed by atoms with E-state index in [1.54, 1.807) is 0 Å². The summed E-state index contributed by atoms with van der Waals surface area (Å²) in [4.78, 5) is 13.2. The number of ether oxygens (including phenoxy) is 1. The monoisotopic (exact) mass is 512 g/mol. The summed E-state index contributed by atoms with van der Waals surface area (Å²) in [5, 5.41) is 18.6. The highest BCUT2D eigenvalue weighted by molar-refractivity contribution is 7.80. The summed E-state index contributed by atoms with van der Waals surface area (Å²) in [6.45, 7) is 9.58. The van der Waals surface area contributed by atoms with Crippen molar-refractivity contribution in [3.63, 3.8) is 0 Å². The molecule has 36 heavy (non-hydrogen) atoms. The van der Waals surface area contributed by atoms with E-state index < -0.39 is 5.41 Å². The number of fused-ring (bicyclic) bond motifs is 3. The van der Waals surface area contributed by atoms with Gasteiger partial charge >= 0.3 is 5.97 Å². The standard InChI is InChI=1S/C30H44N2O3S/c1-5-35-25(34)29(4)15-9-14-28(3)22(29)13-17-30-19-27(2,16-12-23(28)30)24(21(30)18-33)32-26(36)31-20-10-7-6-8-11-20/h6-8,10-11,21-24,33H,5,9,12-19H2,1-4H3,(H2,31,32,36)/t21-,22+,23+,24-,27+,28-,29-,30-/m1/s1. The Bertz CT molecular complexity index is 1000. The predicted octanol–water partition coefficient (Wildman–Crippen LogP) is 5.93. The van der Waals surface area contributed by atoms with Crippen molar-refractivity contribution in [2.75, 3.05) is 18.5 Å². The topological polar surface area (TPSA) is 70.6 Å². The summed E-state index contributed by atoms with van der Waals surface area (Å²) in [7, 11) is 0. The zero-order chi connectivity index (χ0) is 25.8. The number of para-hydroxylation sites is 1. The average molecular weight is 513 g/mol. The first kappa shape index (κ1) is 26.0. The third-order valence-corrected chi connectivity index (χ3v) is 11.5. The van der Waals surface area contributed by atoms with Gasteiger partial charge in [-0.05, 0) is 111 Å². The maximum atomic E-state index is 13.2. The van der Waals surface area contributed by atoms with E-state index in [0.717, 1.165) is 50.6 Å². The molecule has 0 aromatic heterocycles. The molecule has 2 bridgehead atoms. The van der Waals surface area contributed by atoms with Gasteiger partial charge in [-0.15, -0.1) is 0 Å². The number of nitrogens with one attached hydrogen (secondary N) is 2. The molecular formula is C30H44N2O3S. The molecule has 5 nitrogen and oxygen atoms in total. The Kier molecular flexibility index (Phi) is 6.68. The van der Waals surface area contributed by atoms with Crippen molar-refractivity contribution in [1.82, 2.24) is 5.32 Å². The molecule has 4 saturated carbocycles. The lowest BCUT2D eigenvalue weighted by atomic mass is 9.39. The van der Waals surface area contributed by atoms with E-state index in [2.05, 4.69) is 31.4 Å². The largest absolute Gasteiger partial charge is 0.466 e. The van der Waals surface area contributed by atoms with Gasteiger partial charge in [-0.3, -0.25) is 4.79 Å². The summed E-state index contributed by atoms with van der Waals surface area (Å²) in [5.74, 6) is 0.994. The fourth-order valence-corrected chi connectivity index (χ4v) is 10.2. The molecule has 0 unspecified atom stereocenters. The number of aliphatic hydroxyl groups excluding tert-OH is 1. The second-order valence-electron chi connectivity index (χ2n) is 13.0. The Hall–Kier alpha value is -1.66. The number of carbonyl (C=O) groups excluding carboxylic acids is 1. The quantitative estimate of drug-likeness (QED) is 0.336. The zero-order valence-electron chi connectivity index (χ0n) is 22.4. The second kappa shape index (κ2) is 9.27. The highest BCUT2D eigenvalue weighted by Gasteiger charge is 2.71. The molecule has 0 aliphatic heterocycles. The highest BCUT2D eigenvalue weighted by atomic mass is 32.1. The van der Waals surface area contributed by atoms with Crippen molar-refractivity contribution in [3.05, 3.63) is 30.3 Å². The van der Waals surface area contributed by atoms with Crippen LogP contribution in [-0.2, 0) is 9.53 Å². The smallest absolute Gasteiger partial charge is 0.312 e. The van der Waals surface area contributed by atoms with Gasteiger partial charge in [-0.25, -0.2) is 0 Å². The van der Waals surface area contributed by atoms with Crippen LogP contribution in [0.3, 0.4) is 0 Å². The van der Waals surface area contributed by atoms with Crippen molar-refractivity contribution in [3.8, 4) is 0 Å². The summed E-state index contributed by atoms with van der Waals surface area (Å²) < 4.78 is 5.63. The van der Waals surface area contributed by atoms with E-state index in [1.807, 2.05) is 37.3 Å². The van der Waals surface area contributed by atoms with E-state index in [4.69, 9.17) is 17.0 Å². The maximum absolute atomic E-state index is 13.2. The van der Waals surface area contributed by atoms with Gasteiger partial charge in [0.1, 0.15) is 0 Å². The molecule has 6 heteroatoms. The van der Waals surface area contributed by atoms with Crippen LogP contribution in [0.2, 0.25) is 0 Å². The van der Waals surface area contributed by atoms with Crippen molar-refractivity contribution >= 4 is 29.0 Å². The second-order valence-corrected chi connectivity index (χ2v) is 13.4. The van der Waals surface area contributed by atoms with Crippen LogP contribution in [0.1, 0.15) is 79.1 Å². The lowest BCUT2D eigenvalue weighted by Gasteiger charge is -2.65. The number of benzene rings is 1. The van der Waals surface area contributed by atoms with Crippen LogP contribution in [0.25, 0.3) is 0 Å². The minimum Gasteiger partial charge on any atom is -0.466 e. The SMILES string of the molecule is CCOC(=O)[C@]1(C)CCC[C@@]2(C)[C@@H]3CC[C@@]4(C)C[C@]3(CC[C@@H]21)[C@H](CO)[C@H]4NC(=S)Nc1ccccc1. The molecule has 1 aromatic carbocycles. The van der Waals surface area contributed by atoms with Crippen molar-refractivity contribution in [2.45, 2.75) is 85.1 Å². The third kappa shape index (κ3) is 3.81. The Morgan fingerprint density at radius 1 is 1.08 bits per heavy atom. The van der Waals surface area contributed by atoms with E-state index in [-0.39, 0.29) is 40.8 Å². The Balaban J connectivity index is 1.44. The molecule has 198 valence electrons. The Morgan fingerprint density at radius 3 is 2.50 bits per heavy atom. The minimum absolute atomic E-state index is 0.000434. The predicted molar refractivity (Wildman–Crippen MR) is 147 cm³/mol. The number of carbonyl (C=O) groups is 1. The molecule has 4 aliphatic rings.